The first-order valence-electron chi connectivity index (χ1n) is 8.46. The number of carboxylic acids is 1. The molecule has 5 nitrogen and oxygen atoms in total. The van der Waals surface area contributed by atoms with E-state index in [1.165, 1.54) is 16.9 Å². The monoisotopic (exact) mass is 375 g/mol. The van der Waals surface area contributed by atoms with Gasteiger partial charge in [0, 0.05) is 10.4 Å². The molecule has 1 aromatic carbocycles. The Hall–Kier alpha value is -2.34. The van der Waals surface area contributed by atoms with Crippen molar-refractivity contribution < 1.29 is 19.4 Å². The first kappa shape index (κ1) is 20.0. The van der Waals surface area contributed by atoms with E-state index in [0.717, 1.165) is 10.4 Å². The summed E-state index contributed by atoms with van der Waals surface area (Å²) in [6.45, 7) is 11.3. The fraction of sp³-hybridized carbons (Fsp3) is 0.400. The molecule has 1 amide bonds. The van der Waals surface area contributed by atoms with E-state index < -0.39 is 17.7 Å². The second kappa shape index (κ2) is 7.50. The molecular weight excluding hydrogens is 350 g/mol. The Bertz CT molecular complexity index is 814. The van der Waals surface area contributed by atoms with Crippen LogP contribution >= 0.6 is 11.3 Å². The molecule has 2 N–H and O–H groups in total. The van der Waals surface area contributed by atoms with Gasteiger partial charge in [-0.25, -0.2) is 9.59 Å². The second-order valence-corrected chi connectivity index (χ2v) is 8.67. The van der Waals surface area contributed by atoms with E-state index in [9.17, 15) is 14.7 Å². The van der Waals surface area contributed by atoms with Crippen LogP contribution in [0.4, 0.5) is 9.80 Å². The van der Waals surface area contributed by atoms with Crippen LogP contribution in [0, 0.1) is 6.92 Å². The van der Waals surface area contributed by atoms with Gasteiger partial charge in [0.15, 0.2) is 0 Å². The Morgan fingerprint density at radius 1 is 1.15 bits per heavy atom. The summed E-state index contributed by atoms with van der Waals surface area (Å²) in [6.07, 6.45) is -0.664. The number of rotatable bonds is 4. The second-order valence-electron chi connectivity index (χ2n) is 7.45. The van der Waals surface area contributed by atoms with Crippen molar-refractivity contribution in [2.75, 3.05) is 5.32 Å². The SMILES string of the molecule is Cc1sc(NC(=O)OC(C)(C)C)c(C(=O)O)c1-c1ccc(C(C)C)cc1. The van der Waals surface area contributed by atoms with Crippen LogP contribution in [0.1, 0.15) is 61.3 Å². The zero-order chi connectivity index (χ0) is 19.6. The van der Waals surface area contributed by atoms with Gasteiger partial charge in [-0.05, 0) is 44.7 Å². The Morgan fingerprint density at radius 3 is 2.19 bits per heavy atom. The van der Waals surface area contributed by atoms with Gasteiger partial charge >= 0.3 is 12.1 Å². The van der Waals surface area contributed by atoms with Gasteiger partial charge in [0.1, 0.15) is 16.2 Å². The smallest absolute Gasteiger partial charge is 0.412 e. The van der Waals surface area contributed by atoms with Crippen molar-refractivity contribution in [3.63, 3.8) is 0 Å². The number of carbonyl (C=O) groups is 2. The van der Waals surface area contributed by atoms with Crippen molar-refractivity contribution in [3.05, 3.63) is 40.3 Å². The summed E-state index contributed by atoms with van der Waals surface area (Å²) >= 11 is 1.24. The van der Waals surface area contributed by atoms with E-state index in [1.807, 2.05) is 31.2 Å². The summed E-state index contributed by atoms with van der Waals surface area (Å²) in [7, 11) is 0. The summed E-state index contributed by atoms with van der Waals surface area (Å²) in [6, 6.07) is 7.86. The molecule has 0 aliphatic carbocycles. The van der Waals surface area contributed by atoms with Crippen LogP contribution in [0.25, 0.3) is 11.1 Å². The van der Waals surface area contributed by atoms with Gasteiger partial charge in [0.25, 0.3) is 0 Å². The average molecular weight is 375 g/mol. The number of thiophene rings is 1. The zero-order valence-electron chi connectivity index (χ0n) is 16.0. The highest BCUT2D eigenvalue weighted by molar-refractivity contribution is 7.17. The van der Waals surface area contributed by atoms with E-state index in [-0.39, 0.29) is 10.6 Å². The predicted octanol–water partition coefficient (Wildman–Crippen LogP) is 5.89. The first-order chi connectivity index (χ1) is 12.0. The van der Waals surface area contributed by atoms with Crippen LogP contribution in [0.2, 0.25) is 0 Å². The maximum Gasteiger partial charge on any atom is 0.412 e. The van der Waals surface area contributed by atoms with Crippen LogP contribution in [0.15, 0.2) is 24.3 Å². The highest BCUT2D eigenvalue weighted by Crippen LogP contribution is 2.40. The third-order valence-electron chi connectivity index (χ3n) is 3.78. The predicted molar refractivity (Wildman–Crippen MR) is 105 cm³/mol. The quantitative estimate of drug-likeness (QED) is 0.698. The zero-order valence-corrected chi connectivity index (χ0v) is 16.8. The van der Waals surface area contributed by atoms with E-state index in [2.05, 4.69) is 19.2 Å². The molecule has 0 fully saturated rings. The van der Waals surface area contributed by atoms with Crippen LogP contribution in [0.5, 0.6) is 0 Å². The molecule has 0 radical (unpaired) electrons. The van der Waals surface area contributed by atoms with Crippen molar-refractivity contribution in [1.82, 2.24) is 0 Å². The Morgan fingerprint density at radius 2 is 1.73 bits per heavy atom. The number of benzene rings is 1. The van der Waals surface area contributed by atoms with Crippen molar-refractivity contribution >= 4 is 28.4 Å². The number of aryl methyl sites for hydroxylation is 1. The van der Waals surface area contributed by atoms with Crippen LogP contribution in [0.3, 0.4) is 0 Å². The third kappa shape index (κ3) is 4.64. The largest absolute Gasteiger partial charge is 0.478 e. The average Bonchev–Trinajstić information content (AvgIpc) is 2.81. The van der Waals surface area contributed by atoms with Crippen LogP contribution < -0.4 is 5.32 Å². The number of anilines is 1. The molecular formula is C20H25NO4S. The highest BCUT2D eigenvalue weighted by atomic mass is 32.1. The number of hydrogen-bond acceptors (Lipinski definition) is 4. The lowest BCUT2D eigenvalue weighted by Gasteiger charge is -2.19. The minimum Gasteiger partial charge on any atom is -0.478 e. The van der Waals surface area contributed by atoms with E-state index in [1.54, 1.807) is 20.8 Å². The van der Waals surface area contributed by atoms with E-state index in [0.29, 0.717) is 11.5 Å². The maximum atomic E-state index is 12.1. The highest BCUT2D eigenvalue weighted by Gasteiger charge is 2.25. The fourth-order valence-corrected chi connectivity index (χ4v) is 3.67. The van der Waals surface area contributed by atoms with Gasteiger partial charge in [0.05, 0.1) is 0 Å². The normalized spacial score (nSPS) is 11.5. The number of ether oxygens (including phenoxy) is 1. The van der Waals surface area contributed by atoms with Gasteiger partial charge in [-0.2, -0.15) is 0 Å². The molecule has 0 atom stereocenters. The molecule has 0 saturated heterocycles. The molecule has 0 aliphatic heterocycles. The molecule has 2 rings (SSSR count). The Balaban J connectivity index is 2.43. The molecule has 2 aromatic rings. The Labute approximate surface area is 158 Å². The van der Waals surface area contributed by atoms with Gasteiger partial charge in [-0.1, -0.05) is 38.1 Å². The molecule has 6 heteroatoms. The van der Waals surface area contributed by atoms with Gasteiger partial charge < -0.3 is 9.84 Å². The summed E-state index contributed by atoms with van der Waals surface area (Å²) in [5.41, 5.74) is 2.07. The number of carboxylic acid groups (broad SMARTS) is 1. The molecule has 0 saturated carbocycles. The summed E-state index contributed by atoms with van der Waals surface area (Å²) in [4.78, 5) is 24.8. The van der Waals surface area contributed by atoms with Crippen molar-refractivity contribution in [2.45, 2.75) is 53.1 Å². The van der Waals surface area contributed by atoms with Gasteiger partial charge in [0.2, 0.25) is 0 Å². The standard InChI is InChI=1S/C20H25NO4S/c1-11(2)13-7-9-14(10-8-13)15-12(3)26-17(16(15)18(22)23)21-19(24)25-20(4,5)6/h7-11H,1-6H3,(H,21,24)(H,22,23). The first-order valence-corrected chi connectivity index (χ1v) is 9.28. The number of hydrogen-bond donors (Lipinski definition) is 2. The summed E-state index contributed by atoms with van der Waals surface area (Å²) in [5.74, 6) is -0.681. The fourth-order valence-electron chi connectivity index (χ4n) is 2.62. The molecule has 0 spiro atoms. The summed E-state index contributed by atoms with van der Waals surface area (Å²) < 4.78 is 5.24. The van der Waals surface area contributed by atoms with Crippen LogP contribution in [-0.4, -0.2) is 22.8 Å². The van der Waals surface area contributed by atoms with Crippen molar-refractivity contribution in [1.29, 1.82) is 0 Å². The van der Waals surface area contributed by atoms with Crippen molar-refractivity contribution in [3.8, 4) is 11.1 Å². The lowest BCUT2D eigenvalue weighted by molar-refractivity contribution is 0.0636. The third-order valence-corrected chi connectivity index (χ3v) is 4.80. The maximum absolute atomic E-state index is 12.1. The number of amides is 1. The molecule has 140 valence electrons. The molecule has 0 bridgehead atoms. The van der Waals surface area contributed by atoms with Gasteiger partial charge in [-0.3, -0.25) is 5.32 Å². The number of aromatic carboxylic acids is 1. The van der Waals surface area contributed by atoms with Gasteiger partial charge in [-0.15, -0.1) is 11.3 Å². The number of nitrogens with one attached hydrogen (secondary N) is 1. The molecule has 1 heterocycles. The van der Waals surface area contributed by atoms with Crippen LogP contribution in [-0.2, 0) is 4.74 Å². The summed E-state index contributed by atoms with van der Waals surface area (Å²) in [5, 5.41) is 12.6. The lowest BCUT2D eigenvalue weighted by atomic mass is 9.97. The Kier molecular flexibility index (Phi) is 5.76. The van der Waals surface area contributed by atoms with E-state index in [4.69, 9.17) is 4.74 Å². The molecule has 26 heavy (non-hydrogen) atoms. The van der Waals surface area contributed by atoms with Crippen molar-refractivity contribution in [2.24, 2.45) is 0 Å². The number of carbonyl (C=O) groups excluding carboxylic acids is 1. The minimum absolute atomic E-state index is 0.0932. The molecule has 1 aromatic heterocycles. The molecule has 0 aliphatic rings. The molecule has 0 unspecified atom stereocenters. The lowest BCUT2D eigenvalue weighted by Crippen LogP contribution is -2.27. The van der Waals surface area contributed by atoms with E-state index >= 15 is 0 Å². The topological polar surface area (TPSA) is 75.6 Å². The minimum atomic E-state index is -1.08.